The van der Waals surface area contributed by atoms with Crippen molar-refractivity contribution in [3.63, 3.8) is 0 Å². The van der Waals surface area contributed by atoms with Crippen molar-refractivity contribution in [1.29, 1.82) is 0 Å². The Morgan fingerprint density at radius 2 is 1.76 bits per heavy atom. The predicted octanol–water partition coefficient (Wildman–Crippen LogP) is 5.00. The van der Waals surface area contributed by atoms with E-state index in [0.29, 0.717) is 17.1 Å². The lowest BCUT2D eigenvalue weighted by molar-refractivity contribution is -0.120. The van der Waals surface area contributed by atoms with E-state index in [1.807, 2.05) is 6.92 Å². The number of anilines is 2. The second kappa shape index (κ2) is 8.86. The largest absolute Gasteiger partial charge is 0.462 e. The Hall–Kier alpha value is -2.54. The molecule has 1 aliphatic rings. The standard InChI is InChI=1S/C20H15Cl3N2O4/c1-2-9-29-20(28)12-5-3-4-6-15(12)25-18(26)16(23)17(19(25)27)24-11-7-8-13(21)14(22)10-11/h3-8,10,24H,2,9H2,1H3. The number of benzene rings is 2. The first-order valence-electron chi connectivity index (χ1n) is 8.62. The van der Waals surface area contributed by atoms with Crippen LogP contribution in [0.3, 0.4) is 0 Å². The van der Waals surface area contributed by atoms with Crippen LogP contribution < -0.4 is 10.2 Å². The summed E-state index contributed by atoms with van der Waals surface area (Å²) in [4.78, 5) is 38.9. The van der Waals surface area contributed by atoms with Crippen molar-refractivity contribution in [3.8, 4) is 0 Å². The van der Waals surface area contributed by atoms with Crippen LogP contribution in [-0.2, 0) is 14.3 Å². The lowest BCUT2D eigenvalue weighted by Gasteiger charge is -2.18. The fourth-order valence-corrected chi connectivity index (χ4v) is 3.17. The third-order valence-electron chi connectivity index (χ3n) is 4.02. The van der Waals surface area contributed by atoms with Crippen molar-refractivity contribution >= 4 is 64.0 Å². The zero-order valence-corrected chi connectivity index (χ0v) is 17.4. The molecule has 0 bridgehead atoms. The lowest BCUT2D eigenvalue weighted by Crippen LogP contribution is -2.33. The van der Waals surface area contributed by atoms with E-state index in [0.717, 1.165) is 4.90 Å². The molecule has 9 heteroatoms. The summed E-state index contributed by atoms with van der Waals surface area (Å²) in [5.74, 6) is -2.10. The van der Waals surface area contributed by atoms with Gasteiger partial charge in [-0.05, 0) is 36.8 Å². The number of rotatable bonds is 6. The lowest BCUT2D eigenvalue weighted by atomic mass is 10.1. The van der Waals surface area contributed by atoms with Gasteiger partial charge in [0.15, 0.2) is 0 Å². The van der Waals surface area contributed by atoms with Gasteiger partial charge in [-0.15, -0.1) is 0 Å². The quantitative estimate of drug-likeness (QED) is 0.492. The first-order valence-corrected chi connectivity index (χ1v) is 9.75. The van der Waals surface area contributed by atoms with Crippen LogP contribution in [0.25, 0.3) is 0 Å². The normalized spacial score (nSPS) is 13.9. The van der Waals surface area contributed by atoms with Crippen molar-refractivity contribution in [2.75, 3.05) is 16.8 Å². The monoisotopic (exact) mass is 452 g/mol. The van der Waals surface area contributed by atoms with Crippen molar-refractivity contribution in [2.24, 2.45) is 0 Å². The highest BCUT2D eigenvalue weighted by Gasteiger charge is 2.40. The van der Waals surface area contributed by atoms with E-state index in [-0.39, 0.29) is 33.6 Å². The van der Waals surface area contributed by atoms with Gasteiger partial charge in [-0.1, -0.05) is 53.9 Å². The number of carbonyl (C=O) groups is 3. The van der Waals surface area contributed by atoms with Crippen LogP contribution in [0.2, 0.25) is 10.0 Å². The highest BCUT2D eigenvalue weighted by molar-refractivity contribution is 6.53. The molecule has 0 aliphatic carbocycles. The third-order valence-corrected chi connectivity index (χ3v) is 5.11. The zero-order valence-electron chi connectivity index (χ0n) is 15.2. The number of hydrogen-bond donors (Lipinski definition) is 1. The van der Waals surface area contributed by atoms with E-state index in [1.54, 1.807) is 24.3 Å². The molecule has 29 heavy (non-hydrogen) atoms. The summed E-state index contributed by atoms with van der Waals surface area (Å²) < 4.78 is 5.14. The zero-order chi connectivity index (χ0) is 21.1. The predicted molar refractivity (Wildman–Crippen MR) is 112 cm³/mol. The van der Waals surface area contributed by atoms with Gasteiger partial charge < -0.3 is 10.1 Å². The second-order valence-corrected chi connectivity index (χ2v) is 7.23. The number of esters is 1. The average Bonchev–Trinajstić information content (AvgIpc) is 2.92. The Kier molecular flexibility index (Phi) is 6.47. The van der Waals surface area contributed by atoms with E-state index in [9.17, 15) is 14.4 Å². The molecule has 3 rings (SSSR count). The number of carbonyl (C=O) groups excluding carboxylic acids is 3. The first kappa shape index (κ1) is 21.2. The molecule has 2 aromatic carbocycles. The van der Waals surface area contributed by atoms with Gasteiger partial charge in [-0.25, -0.2) is 9.69 Å². The molecule has 150 valence electrons. The average molecular weight is 454 g/mol. The molecular weight excluding hydrogens is 439 g/mol. The van der Waals surface area contributed by atoms with Gasteiger partial charge in [0.25, 0.3) is 11.8 Å². The van der Waals surface area contributed by atoms with Crippen molar-refractivity contribution in [3.05, 3.63) is 68.8 Å². The van der Waals surface area contributed by atoms with Crippen LogP contribution in [-0.4, -0.2) is 24.4 Å². The van der Waals surface area contributed by atoms with Gasteiger partial charge in [0.2, 0.25) is 0 Å². The molecule has 0 aromatic heterocycles. The minimum Gasteiger partial charge on any atom is -0.462 e. The van der Waals surface area contributed by atoms with E-state index < -0.39 is 17.8 Å². The maximum absolute atomic E-state index is 13.0. The highest BCUT2D eigenvalue weighted by atomic mass is 35.5. The smallest absolute Gasteiger partial charge is 0.340 e. The number of para-hydroxylation sites is 1. The fraction of sp³-hybridized carbons (Fsp3) is 0.150. The van der Waals surface area contributed by atoms with Crippen LogP contribution in [0, 0.1) is 0 Å². The second-order valence-electron chi connectivity index (χ2n) is 6.04. The van der Waals surface area contributed by atoms with Gasteiger partial charge in [0, 0.05) is 5.69 Å². The van der Waals surface area contributed by atoms with Gasteiger partial charge in [-0.2, -0.15) is 0 Å². The number of amides is 2. The SMILES string of the molecule is CCCOC(=O)c1ccccc1N1C(=O)C(Cl)=C(Nc2ccc(Cl)c(Cl)c2)C1=O. The number of imide groups is 1. The number of nitrogens with zero attached hydrogens (tertiary/aromatic N) is 1. The van der Waals surface area contributed by atoms with E-state index in [4.69, 9.17) is 39.5 Å². The highest BCUT2D eigenvalue weighted by Crippen LogP contribution is 2.33. The minimum absolute atomic E-state index is 0.0860. The number of halogens is 3. The molecule has 0 saturated heterocycles. The van der Waals surface area contributed by atoms with Crippen LogP contribution >= 0.6 is 34.8 Å². The Labute approximate surface area is 182 Å². The Bertz CT molecular complexity index is 1040. The summed E-state index contributed by atoms with van der Waals surface area (Å²) in [6.45, 7) is 2.08. The number of nitrogens with one attached hydrogen (secondary N) is 1. The molecule has 0 radical (unpaired) electrons. The third kappa shape index (κ3) is 4.24. The van der Waals surface area contributed by atoms with Crippen molar-refractivity contribution in [1.82, 2.24) is 0 Å². The van der Waals surface area contributed by atoms with Gasteiger partial charge in [-0.3, -0.25) is 9.59 Å². The molecule has 6 nitrogen and oxygen atoms in total. The maximum atomic E-state index is 13.0. The molecule has 0 spiro atoms. The topological polar surface area (TPSA) is 75.7 Å². The molecule has 0 saturated carbocycles. The maximum Gasteiger partial charge on any atom is 0.340 e. The van der Waals surface area contributed by atoms with Crippen LogP contribution in [0.5, 0.6) is 0 Å². The Morgan fingerprint density at radius 3 is 2.45 bits per heavy atom. The summed E-state index contributed by atoms with van der Waals surface area (Å²) >= 11 is 18.0. The minimum atomic E-state index is -0.755. The molecule has 1 aliphatic heterocycles. The van der Waals surface area contributed by atoms with E-state index in [1.165, 1.54) is 18.2 Å². The fourth-order valence-electron chi connectivity index (χ4n) is 2.66. The molecule has 0 atom stereocenters. The molecule has 1 N–H and O–H groups in total. The Balaban J connectivity index is 1.93. The van der Waals surface area contributed by atoms with Gasteiger partial charge in [0.1, 0.15) is 10.7 Å². The summed E-state index contributed by atoms with van der Waals surface area (Å²) in [5.41, 5.74) is 0.466. The van der Waals surface area contributed by atoms with E-state index in [2.05, 4.69) is 5.32 Å². The van der Waals surface area contributed by atoms with Crippen LogP contribution in [0.4, 0.5) is 11.4 Å². The van der Waals surface area contributed by atoms with Crippen LogP contribution in [0.15, 0.2) is 53.2 Å². The van der Waals surface area contributed by atoms with Gasteiger partial charge in [0.05, 0.1) is 27.9 Å². The summed E-state index contributed by atoms with van der Waals surface area (Å²) in [6.07, 6.45) is 0.639. The molecule has 2 amide bonds. The molecule has 0 unspecified atom stereocenters. The van der Waals surface area contributed by atoms with E-state index >= 15 is 0 Å². The summed E-state index contributed by atoms with van der Waals surface area (Å²) in [7, 11) is 0. The number of hydrogen-bond acceptors (Lipinski definition) is 5. The molecular formula is C20H15Cl3N2O4. The molecule has 1 heterocycles. The first-order chi connectivity index (χ1) is 13.8. The summed E-state index contributed by atoms with van der Waals surface area (Å²) in [6, 6.07) is 10.8. The number of ether oxygens (including phenoxy) is 1. The molecule has 0 fully saturated rings. The van der Waals surface area contributed by atoms with Crippen LogP contribution in [0.1, 0.15) is 23.7 Å². The summed E-state index contributed by atoms with van der Waals surface area (Å²) in [5, 5.41) is 3.10. The van der Waals surface area contributed by atoms with Crippen molar-refractivity contribution < 1.29 is 19.1 Å². The Morgan fingerprint density at radius 1 is 1.03 bits per heavy atom. The molecule has 2 aromatic rings. The van der Waals surface area contributed by atoms with Gasteiger partial charge >= 0.3 is 5.97 Å². The van der Waals surface area contributed by atoms with Crippen molar-refractivity contribution in [2.45, 2.75) is 13.3 Å².